The monoisotopic (exact) mass is 364 g/mol. The molecule has 146 valence electrons. The minimum atomic E-state index is -2.23. The molecule has 0 saturated heterocycles. The lowest BCUT2D eigenvalue weighted by Crippen LogP contribution is -2.52. The van der Waals surface area contributed by atoms with Crippen LogP contribution in [0, 0.1) is 17.8 Å². The summed E-state index contributed by atoms with van der Waals surface area (Å²) < 4.78 is 0. The van der Waals surface area contributed by atoms with Crippen LogP contribution in [-0.4, -0.2) is 39.3 Å². The molecule has 0 amide bonds. The molecule has 1 saturated carbocycles. The molecule has 0 aliphatic heterocycles. The molecule has 5 atom stereocenters. The summed E-state index contributed by atoms with van der Waals surface area (Å²) in [5.74, 6) is -4.93. The molecular weight excluding hydrogens is 332 g/mol. The maximum absolute atomic E-state index is 12.9. The zero-order valence-corrected chi connectivity index (χ0v) is 16.7. The first-order chi connectivity index (χ1) is 12.0. The molecule has 0 radical (unpaired) electrons. The first-order valence-electron chi connectivity index (χ1n) is 9.27. The third kappa shape index (κ3) is 4.38. The van der Waals surface area contributed by atoms with Crippen molar-refractivity contribution in [2.24, 2.45) is 17.8 Å². The number of carbonyl (C=O) groups is 3. The van der Waals surface area contributed by atoms with Gasteiger partial charge in [-0.2, -0.15) is 0 Å². The number of carbonyl (C=O) groups excluding carboxylic acids is 3. The van der Waals surface area contributed by atoms with Gasteiger partial charge in [-0.3, -0.25) is 14.4 Å². The Morgan fingerprint density at radius 2 is 1.69 bits per heavy atom. The third-order valence-corrected chi connectivity index (χ3v) is 5.22. The second-order valence-electron chi connectivity index (χ2n) is 7.84. The van der Waals surface area contributed by atoms with Gasteiger partial charge >= 0.3 is 0 Å². The number of allylic oxidation sites excluding steroid dienone is 3. The second kappa shape index (κ2) is 8.87. The molecule has 0 aromatic heterocycles. The van der Waals surface area contributed by atoms with Gasteiger partial charge in [0.05, 0.1) is 12.0 Å². The molecule has 1 rings (SSSR count). The predicted molar refractivity (Wildman–Crippen MR) is 101 cm³/mol. The van der Waals surface area contributed by atoms with Crippen LogP contribution in [0.3, 0.4) is 0 Å². The number of rotatable bonds is 8. The normalized spacial score (nSPS) is 27.8. The molecule has 0 heterocycles. The summed E-state index contributed by atoms with van der Waals surface area (Å²) in [5.41, 5.74) is -0.372. The predicted octanol–water partition coefficient (Wildman–Crippen LogP) is 2.79. The van der Waals surface area contributed by atoms with Crippen molar-refractivity contribution in [1.82, 2.24) is 0 Å². The SMILES string of the molecule is CCC(C)C(=O)C1C(=O)[C@H](CC=C(C)C)[C@@](O)(C(O)CC=C(C)C)C1=O. The Kier molecular flexibility index (Phi) is 7.66. The molecule has 0 bridgehead atoms. The van der Waals surface area contributed by atoms with E-state index in [0.717, 1.165) is 11.1 Å². The highest BCUT2D eigenvalue weighted by Crippen LogP contribution is 2.41. The van der Waals surface area contributed by atoms with Crippen LogP contribution in [-0.2, 0) is 14.4 Å². The highest BCUT2D eigenvalue weighted by molar-refractivity contribution is 6.28. The standard InChI is InChI=1S/C21H32O5/c1-7-14(6)18(23)17-19(24)15(10-8-12(2)3)21(26,20(17)25)16(22)11-9-13(4)5/h8-9,14-17,22,26H,7,10-11H2,1-6H3/t14?,15-,16?,17?,21+/m0/s1. The van der Waals surface area contributed by atoms with Crippen LogP contribution in [0.2, 0.25) is 0 Å². The maximum Gasteiger partial charge on any atom is 0.185 e. The van der Waals surface area contributed by atoms with Gasteiger partial charge in [0.2, 0.25) is 0 Å². The Morgan fingerprint density at radius 1 is 1.15 bits per heavy atom. The molecule has 1 aliphatic rings. The summed E-state index contributed by atoms with van der Waals surface area (Å²) in [6.45, 7) is 10.9. The fourth-order valence-corrected chi connectivity index (χ4v) is 3.28. The van der Waals surface area contributed by atoms with Crippen LogP contribution >= 0.6 is 0 Å². The Balaban J connectivity index is 3.35. The lowest BCUT2D eigenvalue weighted by Gasteiger charge is -2.31. The van der Waals surface area contributed by atoms with Gasteiger partial charge in [0.25, 0.3) is 0 Å². The third-order valence-electron chi connectivity index (χ3n) is 5.22. The van der Waals surface area contributed by atoms with E-state index >= 15 is 0 Å². The molecule has 26 heavy (non-hydrogen) atoms. The summed E-state index contributed by atoms with van der Waals surface area (Å²) in [5, 5.41) is 21.7. The van der Waals surface area contributed by atoms with Crippen molar-refractivity contribution in [3.63, 3.8) is 0 Å². The van der Waals surface area contributed by atoms with Crippen molar-refractivity contribution in [3.8, 4) is 0 Å². The molecular formula is C21H32O5. The Labute approximate surface area is 156 Å². The minimum absolute atomic E-state index is 0.0490. The molecule has 2 N–H and O–H groups in total. The number of Topliss-reactive ketones (excluding diaryl/α,β-unsaturated/α-hetero) is 3. The molecule has 0 spiro atoms. The molecule has 3 unspecified atom stereocenters. The molecule has 0 aromatic rings. The van der Waals surface area contributed by atoms with Crippen molar-refractivity contribution >= 4 is 17.3 Å². The summed E-state index contributed by atoms with van der Waals surface area (Å²) in [4.78, 5) is 38.4. The Hall–Kier alpha value is -1.59. The van der Waals surface area contributed by atoms with E-state index in [-0.39, 0.29) is 12.8 Å². The quantitative estimate of drug-likeness (QED) is 0.510. The zero-order chi connectivity index (χ0) is 20.2. The van der Waals surface area contributed by atoms with E-state index in [9.17, 15) is 24.6 Å². The number of hydrogen-bond acceptors (Lipinski definition) is 5. The first kappa shape index (κ1) is 22.5. The van der Waals surface area contributed by atoms with Crippen LogP contribution in [0.25, 0.3) is 0 Å². The topological polar surface area (TPSA) is 91.7 Å². The van der Waals surface area contributed by atoms with Gasteiger partial charge in [-0.25, -0.2) is 0 Å². The zero-order valence-electron chi connectivity index (χ0n) is 16.7. The second-order valence-corrected chi connectivity index (χ2v) is 7.84. The molecule has 5 nitrogen and oxygen atoms in total. The van der Waals surface area contributed by atoms with Crippen molar-refractivity contribution in [2.75, 3.05) is 0 Å². The Morgan fingerprint density at radius 3 is 2.15 bits per heavy atom. The van der Waals surface area contributed by atoms with Crippen LogP contribution in [0.5, 0.6) is 0 Å². The first-order valence-corrected chi connectivity index (χ1v) is 9.27. The highest BCUT2D eigenvalue weighted by atomic mass is 16.4. The lowest BCUT2D eigenvalue weighted by atomic mass is 9.80. The van der Waals surface area contributed by atoms with Crippen LogP contribution in [0.1, 0.15) is 60.8 Å². The smallest absolute Gasteiger partial charge is 0.185 e. The number of ketones is 3. The van der Waals surface area contributed by atoms with E-state index < -0.39 is 46.8 Å². The highest BCUT2D eigenvalue weighted by Gasteiger charge is 2.64. The summed E-state index contributed by atoms with van der Waals surface area (Å²) in [6, 6.07) is 0. The maximum atomic E-state index is 12.9. The van der Waals surface area contributed by atoms with Crippen LogP contribution in [0.4, 0.5) is 0 Å². The van der Waals surface area contributed by atoms with Crippen molar-refractivity contribution < 1.29 is 24.6 Å². The van der Waals surface area contributed by atoms with E-state index in [2.05, 4.69) is 0 Å². The largest absolute Gasteiger partial charge is 0.389 e. The molecule has 5 heteroatoms. The number of aliphatic hydroxyl groups excluding tert-OH is 1. The average molecular weight is 364 g/mol. The minimum Gasteiger partial charge on any atom is -0.389 e. The van der Waals surface area contributed by atoms with E-state index in [1.165, 1.54) is 0 Å². The van der Waals surface area contributed by atoms with Gasteiger partial charge < -0.3 is 10.2 Å². The van der Waals surface area contributed by atoms with Gasteiger partial charge in [0.1, 0.15) is 5.92 Å². The van der Waals surface area contributed by atoms with Gasteiger partial charge in [-0.15, -0.1) is 0 Å². The fraction of sp³-hybridized carbons (Fsp3) is 0.667. The van der Waals surface area contributed by atoms with Gasteiger partial charge in [0.15, 0.2) is 23.0 Å². The van der Waals surface area contributed by atoms with E-state index in [0.29, 0.717) is 6.42 Å². The van der Waals surface area contributed by atoms with E-state index in [4.69, 9.17) is 0 Å². The van der Waals surface area contributed by atoms with Gasteiger partial charge in [-0.05, 0) is 47.0 Å². The van der Waals surface area contributed by atoms with E-state index in [1.54, 1.807) is 19.1 Å². The van der Waals surface area contributed by atoms with Crippen molar-refractivity contribution in [3.05, 3.63) is 23.3 Å². The lowest BCUT2D eigenvalue weighted by molar-refractivity contribution is -0.156. The number of aliphatic hydroxyl groups is 2. The van der Waals surface area contributed by atoms with Crippen molar-refractivity contribution in [1.29, 1.82) is 0 Å². The Bertz CT molecular complexity index is 622. The fourth-order valence-electron chi connectivity index (χ4n) is 3.28. The van der Waals surface area contributed by atoms with Crippen molar-refractivity contribution in [2.45, 2.75) is 72.5 Å². The van der Waals surface area contributed by atoms with Gasteiger partial charge in [-0.1, -0.05) is 37.1 Å². The van der Waals surface area contributed by atoms with Crippen LogP contribution < -0.4 is 0 Å². The molecule has 0 aromatic carbocycles. The van der Waals surface area contributed by atoms with E-state index in [1.807, 2.05) is 34.6 Å². The van der Waals surface area contributed by atoms with Crippen LogP contribution in [0.15, 0.2) is 23.3 Å². The summed E-state index contributed by atoms with van der Waals surface area (Å²) in [7, 11) is 0. The number of hydrogen-bond donors (Lipinski definition) is 2. The van der Waals surface area contributed by atoms with Gasteiger partial charge in [0, 0.05) is 5.92 Å². The molecule has 1 aliphatic carbocycles. The summed E-state index contributed by atoms with van der Waals surface area (Å²) >= 11 is 0. The molecule has 1 fully saturated rings. The summed E-state index contributed by atoms with van der Waals surface area (Å²) in [6.07, 6.45) is 2.71. The average Bonchev–Trinajstić information content (AvgIpc) is 2.76.